The van der Waals surface area contributed by atoms with Gasteiger partial charge in [-0.3, -0.25) is 0 Å². The predicted molar refractivity (Wildman–Crippen MR) is 70.1 cm³/mol. The van der Waals surface area contributed by atoms with Gasteiger partial charge in [0.25, 0.3) is 0 Å². The molecule has 2 aromatic rings. The summed E-state index contributed by atoms with van der Waals surface area (Å²) in [4.78, 5) is 4.19. The average Bonchev–Trinajstić information content (AvgIpc) is 2.38. The first kappa shape index (κ1) is 14.7. The smallest absolute Gasteiger partial charge is 0.406 e. The van der Waals surface area contributed by atoms with Crippen LogP contribution in [0.25, 0.3) is 0 Å². The Kier molecular flexibility index (Phi) is 3.98. The van der Waals surface area contributed by atoms with Crippen LogP contribution in [0.4, 0.5) is 24.7 Å². The third-order valence-electron chi connectivity index (χ3n) is 2.44. The second-order valence-electron chi connectivity index (χ2n) is 4.19. The SMILES string of the molecule is Cc1cc(C#N)cc(Nc2ccc(OC(F)(F)F)cc2)n1. The number of ether oxygens (including phenoxy) is 1. The maximum absolute atomic E-state index is 12.0. The molecule has 0 atom stereocenters. The lowest BCUT2D eigenvalue weighted by Gasteiger charge is -2.10. The molecule has 0 bridgehead atoms. The van der Waals surface area contributed by atoms with Gasteiger partial charge in [0.05, 0.1) is 11.6 Å². The fourth-order valence-electron chi connectivity index (χ4n) is 1.68. The molecule has 1 aromatic heterocycles. The first-order valence-electron chi connectivity index (χ1n) is 5.87. The van der Waals surface area contributed by atoms with Gasteiger partial charge in [-0.05, 0) is 43.3 Å². The topological polar surface area (TPSA) is 57.9 Å². The Morgan fingerprint density at radius 2 is 1.86 bits per heavy atom. The zero-order valence-corrected chi connectivity index (χ0v) is 10.9. The van der Waals surface area contributed by atoms with Crippen molar-refractivity contribution in [3.63, 3.8) is 0 Å². The molecule has 0 radical (unpaired) electrons. The van der Waals surface area contributed by atoms with Crippen molar-refractivity contribution in [1.82, 2.24) is 4.98 Å². The number of halogens is 3. The van der Waals surface area contributed by atoms with Gasteiger partial charge in [-0.1, -0.05) is 0 Å². The van der Waals surface area contributed by atoms with E-state index in [1.54, 1.807) is 19.1 Å². The molecule has 108 valence electrons. The molecule has 0 fully saturated rings. The summed E-state index contributed by atoms with van der Waals surface area (Å²) in [6.45, 7) is 1.74. The molecule has 4 nitrogen and oxygen atoms in total. The van der Waals surface area contributed by atoms with Crippen LogP contribution in [0, 0.1) is 18.3 Å². The Balaban J connectivity index is 2.14. The van der Waals surface area contributed by atoms with Crippen molar-refractivity contribution in [3.05, 3.63) is 47.7 Å². The van der Waals surface area contributed by atoms with E-state index in [0.717, 1.165) is 0 Å². The molecule has 0 aliphatic heterocycles. The van der Waals surface area contributed by atoms with Crippen LogP contribution < -0.4 is 10.1 Å². The number of nitrogens with zero attached hydrogens (tertiary/aromatic N) is 2. The van der Waals surface area contributed by atoms with Crippen molar-refractivity contribution in [2.24, 2.45) is 0 Å². The zero-order chi connectivity index (χ0) is 15.5. The lowest BCUT2D eigenvalue weighted by Crippen LogP contribution is -2.16. The summed E-state index contributed by atoms with van der Waals surface area (Å²) in [5.74, 6) is 0.138. The summed E-state index contributed by atoms with van der Waals surface area (Å²) >= 11 is 0. The maximum atomic E-state index is 12.0. The van der Waals surface area contributed by atoms with Crippen molar-refractivity contribution in [3.8, 4) is 11.8 Å². The van der Waals surface area contributed by atoms with Crippen molar-refractivity contribution in [2.75, 3.05) is 5.32 Å². The highest BCUT2D eigenvalue weighted by molar-refractivity contribution is 5.58. The van der Waals surface area contributed by atoms with Crippen molar-refractivity contribution in [1.29, 1.82) is 5.26 Å². The van der Waals surface area contributed by atoms with Gasteiger partial charge in [-0.25, -0.2) is 4.98 Å². The van der Waals surface area contributed by atoms with Crippen LogP contribution in [0.5, 0.6) is 5.75 Å². The summed E-state index contributed by atoms with van der Waals surface area (Å²) in [6, 6.07) is 10.4. The summed E-state index contributed by atoms with van der Waals surface area (Å²) in [5, 5.41) is 11.8. The molecule has 0 saturated heterocycles. The lowest BCUT2D eigenvalue weighted by atomic mass is 10.2. The van der Waals surface area contributed by atoms with Crippen LogP contribution in [0.2, 0.25) is 0 Å². The molecule has 0 spiro atoms. The number of aryl methyl sites for hydroxylation is 1. The van der Waals surface area contributed by atoms with Crippen molar-refractivity contribution >= 4 is 11.5 Å². The number of anilines is 2. The molecule has 1 heterocycles. The van der Waals surface area contributed by atoms with Gasteiger partial charge in [0.2, 0.25) is 0 Å². The molecular weight excluding hydrogens is 283 g/mol. The Hall–Kier alpha value is -2.75. The second-order valence-corrected chi connectivity index (χ2v) is 4.19. The second kappa shape index (κ2) is 5.71. The van der Waals surface area contributed by atoms with Gasteiger partial charge >= 0.3 is 6.36 Å². The average molecular weight is 293 g/mol. The highest BCUT2D eigenvalue weighted by Gasteiger charge is 2.30. The van der Waals surface area contributed by atoms with E-state index in [1.807, 2.05) is 6.07 Å². The first-order valence-corrected chi connectivity index (χ1v) is 5.87. The number of alkyl halides is 3. The van der Waals surface area contributed by atoms with E-state index in [9.17, 15) is 13.2 Å². The van der Waals surface area contributed by atoms with E-state index in [-0.39, 0.29) is 5.75 Å². The number of benzene rings is 1. The number of hydrogen-bond acceptors (Lipinski definition) is 4. The number of hydrogen-bond donors (Lipinski definition) is 1. The Morgan fingerprint density at radius 3 is 2.43 bits per heavy atom. The quantitative estimate of drug-likeness (QED) is 0.932. The number of nitrogens with one attached hydrogen (secondary N) is 1. The first-order chi connectivity index (χ1) is 9.85. The largest absolute Gasteiger partial charge is 0.573 e. The number of aromatic nitrogens is 1. The highest BCUT2D eigenvalue weighted by atomic mass is 19.4. The maximum Gasteiger partial charge on any atom is 0.573 e. The molecule has 1 aromatic carbocycles. The summed E-state index contributed by atoms with van der Waals surface area (Å²) in [5.41, 5.74) is 1.64. The normalized spacial score (nSPS) is 10.8. The van der Waals surface area contributed by atoms with Crippen LogP contribution in [0.3, 0.4) is 0 Å². The molecule has 0 unspecified atom stereocenters. The molecule has 0 aliphatic rings. The predicted octanol–water partition coefficient (Wildman–Crippen LogP) is 3.90. The Bertz CT molecular complexity index is 675. The van der Waals surface area contributed by atoms with Crippen LogP contribution in [-0.4, -0.2) is 11.3 Å². The molecule has 1 N–H and O–H groups in total. The van der Waals surface area contributed by atoms with Crippen LogP contribution >= 0.6 is 0 Å². The zero-order valence-electron chi connectivity index (χ0n) is 10.9. The van der Waals surface area contributed by atoms with Crippen LogP contribution in [-0.2, 0) is 0 Å². The molecule has 21 heavy (non-hydrogen) atoms. The monoisotopic (exact) mass is 293 g/mol. The Labute approximate surface area is 118 Å². The lowest BCUT2D eigenvalue weighted by molar-refractivity contribution is -0.274. The summed E-state index contributed by atoms with van der Waals surface area (Å²) in [6.07, 6.45) is -4.71. The van der Waals surface area contributed by atoms with Crippen LogP contribution in [0.1, 0.15) is 11.3 Å². The van der Waals surface area contributed by atoms with Gasteiger partial charge in [-0.15, -0.1) is 13.2 Å². The van der Waals surface area contributed by atoms with E-state index < -0.39 is 6.36 Å². The van der Waals surface area contributed by atoms with Gasteiger partial charge < -0.3 is 10.1 Å². The number of pyridine rings is 1. The molecule has 0 saturated carbocycles. The minimum Gasteiger partial charge on any atom is -0.406 e. The standard InChI is InChI=1S/C14H10F3N3O/c1-9-6-10(8-18)7-13(19-9)20-11-2-4-12(5-3-11)21-14(15,16)17/h2-7H,1H3,(H,19,20). The van der Waals surface area contributed by atoms with Crippen LogP contribution in [0.15, 0.2) is 36.4 Å². The van der Waals surface area contributed by atoms with Gasteiger partial charge in [-0.2, -0.15) is 5.26 Å². The highest BCUT2D eigenvalue weighted by Crippen LogP contribution is 2.25. The molecule has 0 amide bonds. The minimum absolute atomic E-state index is 0.303. The fourth-order valence-corrected chi connectivity index (χ4v) is 1.68. The van der Waals surface area contributed by atoms with E-state index in [4.69, 9.17) is 5.26 Å². The third-order valence-corrected chi connectivity index (χ3v) is 2.44. The van der Waals surface area contributed by atoms with Crippen molar-refractivity contribution in [2.45, 2.75) is 13.3 Å². The molecular formula is C14H10F3N3O. The minimum atomic E-state index is -4.71. The van der Waals surface area contributed by atoms with Crippen molar-refractivity contribution < 1.29 is 17.9 Å². The Morgan fingerprint density at radius 1 is 1.19 bits per heavy atom. The van der Waals surface area contributed by atoms with E-state index >= 15 is 0 Å². The van der Waals surface area contributed by atoms with Gasteiger partial charge in [0, 0.05) is 11.4 Å². The molecule has 0 aliphatic carbocycles. The van der Waals surface area contributed by atoms with E-state index in [1.165, 1.54) is 24.3 Å². The molecule has 7 heteroatoms. The van der Waals surface area contributed by atoms with E-state index in [2.05, 4.69) is 15.0 Å². The summed E-state index contributed by atoms with van der Waals surface area (Å²) in [7, 11) is 0. The third kappa shape index (κ3) is 4.38. The van der Waals surface area contributed by atoms with E-state index in [0.29, 0.717) is 22.8 Å². The number of rotatable bonds is 3. The number of nitriles is 1. The van der Waals surface area contributed by atoms with Gasteiger partial charge in [0.1, 0.15) is 11.6 Å². The fraction of sp³-hybridized carbons (Fsp3) is 0.143. The molecule has 2 rings (SSSR count). The summed E-state index contributed by atoms with van der Waals surface area (Å²) < 4.78 is 39.9. The van der Waals surface area contributed by atoms with Gasteiger partial charge in [0.15, 0.2) is 0 Å².